The van der Waals surface area contributed by atoms with Crippen molar-refractivity contribution in [2.24, 2.45) is 0 Å². The largest absolute Gasteiger partial charge is 0.490 e. The summed E-state index contributed by atoms with van der Waals surface area (Å²) in [6.45, 7) is 6.62. The Bertz CT molecular complexity index is 798. The molecule has 1 aromatic carbocycles. The fourth-order valence-electron chi connectivity index (χ4n) is 3.03. The van der Waals surface area contributed by atoms with E-state index in [-0.39, 0.29) is 5.91 Å². The van der Waals surface area contributed by atoms with Crippen LogP contribution < -0.4 is 9.47 Å². The van der Waals surface area contributed by atoms with E-state index in [4.69, 9.17) is 9.47 Å². The Hall–Kier alpha value is -2.76. The molecule has 2 heterocycles. The molecule has 144 valence electrons. The third-order valence-electron chi connectivity index (χ3n) is 4.55. The van der Waals surface area contributed by atoms with Gasteiger partial charge in [-0.3, -0.25) is 9.89 Å². The van der Waals surface area contributed by atoms with Gasteiger partial charge in [-0.25, -0.2) is 0 Å². The normalized spacial score (nSPS) is 13.6. The maximum absolute atomic E-state index is 12.5. The van der Waals surface area contributed by atoms with Crippen LogP contribution in [0, 0.1) is 0 Å². The molecule has 27 heavy (non-hydrogen) atoms. The maximum Gasteiger partial charge on any atom is 0.246 e. The molecule has 1 aliphatic rings. The number of aromatic amines is 1. The van der Waals surface area contributed by atoms with Gasteiger partial charge in [-0.2, -0.15) is 5.10 Å². The van der Waals surface area contributed by atoms with E-state index >= 15 is 0 Å². The first kappa shape index (κ1) is 19.0. The van der Waals surface area contributed by atoms with Gasteiger partial charge in [-0.05, 0) is 37.1 Å². The van der Waals surface area contributed by atoms with E-state index in [1.54, 1.807) is 12.3 Å². The molecule has 0 aliphatic carbocycles. The van der Waals surface area contributed by atoms with Crippen molar-refractivity contribution in [2.75, 3.05) is 19.8 Å². The Kier molecular flexibility index (Phi) is 6.52. The van der Waals surface area contributed by atoms with E-state index in [1.807, 2.05) is 36.1 Å². The number of carbonyl (C=O) groups is 1. The predicted octanol–water partition coefficient (Wildman–Crippen LogP) is 3.59. The number of unbranched alkanes of at least 4 members (excludes halogenated alkanes) is 1. The number of amides is 1. The standard InChI is InChI=1S/C21H27N3O3/c1-3-5-12-27-19-8-6-16(13-20(19)26-4-2)7-9-21(25)24-11-10-18-17(15-24)14-22-23-18/h6-9,13-14H,3-5,10-12,15H2,1-2H3,(H,22,23). The zero-order valence-electron chi connectivity index (χ0n) is 16.0. The van der Waals surface area contributed by atoms with E-state index in [1.165, 1.54) is 0 Å². The number of hydrogen-bond donors (Lipinski definition) is 1. The lowest BCUT2D eigenvalue weighted by atomic mass is 10.1. The monoisotopic (exact) mass is 369 g/mol. The summed E-state index contributed by atoms with van der Waals surface area (Å²) in [6, 6.07) is 5.76. The summed E-state index contributed by atoms with van der Waals surface area (Å²) in [5, 5.41) is 7.03. The molecule has 3 rings (SSSR count). The second-order valence-electron chi connectivity index (χ2n) is 6.56. The molecule has 1 N–H and O–H groups in total. The molecule has 1 aromatic heterocycles. The Morgan fingerprint density at radius 1 is 1.30 bits per heavy atom. The maximum atomic E-state index is 12.5. The number of H-pyrrole nitrogens is 1. The van der Waals surface area contributed by atoms with Crippen molar-refractivity contribution < 1.29 is 14.3 Å². The molecule has 0 unspecified atom stereocenters. The average Bonchev–Trinajstić information content (AvgIpc) is 3.15. The van der Waals surface area contributed by atoms with Crippen LogP contribution in [-0.4, -0.2) is 40.8 Å². The lowest BCUT2D eigenvalue weighted by Crippen LogP contribution is -2.34. The summed E-state index contributed by atoms with van der Waals surface area (Å²) in [5.41, 5.74) is 3.13. The van der Waals surface area contributed by atoms with E-state index in [9.17, 15) is 4.79 Å². The summed E-state index contributed by atoms with van der Waals surface area (Å²) >= 11 is 0. The first-order chi connectivity index (χ1) is 13.2. The van der Waals surface area contributed by atoms with Gasteiger partial charge in [0.05, 0.1) is 19.4 Å². The zero-order valence-corrected chi connectivity index (χ0v) is 16.0. The first-order valence-corrected chi connectivity index (χ1v) is 9.59. The van der Waals surface area contributed by atoms with Gasteiger partial charge in [-0.1, -0.05) is 19.4 Å². The minimum atomic E-state index is 0.00285. The van der Waals surface area contributed by atoms with Crippen LogP contribution >= 0.6 is 0 Å². The highest BCUT2D eigenvalue weighted by Gasteiger charge is 2.20. The van der Waals surface area contributed by atoms with Crippen molar-refractivity contribution >= 4 is 12.0 Å². The quantitative estimate of drug-likeness (QED) is 0.570. The van der Waals surface area contributed by atoms with Crippen molar-refractivity contribution in [3.63, 3.8) is 0 Å². The molecule has 1 amide bonds. The molecule has 0 atom stereocenters. The second-order valence-corrected chi connectivity index (χ2v) is 6.56. The summed E-state index contributed by atoms with van der Waals surface area (Å²) in [6.07, 6.45) is 8.15. The molecule has 6 heteroatoms. The predicted molar refractivity (Wildman–Crippen MR) is 105 cm³/mol. The van der Waals surface area contributed by atoms with E-state index in [2.05, 4.69) is 17.1 Å². The Morgan fingerprint density at radius 3 is 3.00 bits per heavy atom. The lowest BCUT2D eigenvalue weighted by molar-refractivity contribution is -0.126. The molecule has 0 spiro atoms. The minimum Gasteiger partial charge on any atom is -0.490 e. The van der Waals surface area contributed by atoms with Gasteiger partial charge < -0.3 is 14.4 Å². The molecule has 0 radical (unpaired) electrons. The molecule has 2 aromatic rings. The van der Waals surface area contributed by atoms with Crippen LogP contribution in [0.15, 0.2) is 30.5 Å². The van der Waals surface area contributed by atoms with Crippen molar-refractivity contribution in [2.45, 2.75) is 39.7 Å². The molecule has 0 fully saturated rings. The van der Waals surface area contributed by atoms with Gasteiger partial charge in [0.1, 0.15) is 0 Å². The lowest BCUT2D eigenvalue weighted by Gasteiger charge is -2.25. The van der Waals surface area contributed by atoms with Crippen molar-refractivity contribution in [1.82, 2.24) is 15.1 Å². The van der Waals surface area contributed by atoms with Gasteiger partial charge in [0.2, 0.25) is 5.91 Å². The Morgan fingerprint density at radius 2 is 2.19 bits per heavy atom. The highest BCUT2D eigenvalue weighted by atomic mass is 16.5. The van der Waals surface area contributed by atoms with Crippen LogP contribution in [0.25, 0.3) is 6.08 Å². The second kappa shape index (κ2) is 9.26. The summed E-state index contributed by atoms with van der Waals surface area (Å²) in [7, 11) is 0. The highest BCUT2D eigenvalue weighted by Crippen LogP contribution is 2.29. The smallest absolute Gasteiger partial charge is 0.246 e. The fraction of sp³-hybridized carbons (Fsp3) is 0.429. The number of ether oxygens (including phenoxy) is 2. The van der Waals surface area contributed by atoms with Crippen molar-refractivity contribution in [3.05, 3.63) is 47.3 Å². The molecule has 0 bridgehead atoms. The Labute approximate surface area is 160 Å². The number of benzene rings is 1. The van der Waals surface area contributed by atoms with Crippen LogP contribution in [0.5, 0.6) is 11.5 Å². The van der Waals surface area contributed by atoms with Crippen LogP contribution in [0.3, 0.4) is 0 Å². The van der Waals surface area contributed by atoms with Gasteiger partial charge in [0, 0.05) is 36.8 Å². The molecule has 1 aliphatic heterocycles. The van der Waals surface area contributed by atoms with Gasteiger partial charge in [-0.15, -0.1) is 0 Å². The van der Waals surface area contributed by atoms with Gasteiger partial charge in [0.15, 0.2) is 11.5 Å². The third kappa shape index (κ3) is 4.90. The first-order valence-electron chi connectivity index (χ1n) is 9.59. The topological polar surface area (TPSA) is 67.5 Å². The molecule has 0 saturated heterocycles. The van der Waals surface area contributed by atoms with Crippen molar-refractivity contribution in [3.8, 4) is 11.5 Å². The molecular formula is C21H27N3O3. The molecule has 0 saturated carbocycles. The number of aromatic nitrogens is 2. The van der Waals surface area contributed by atoms with Crippen LogP contribution in [-0.2, 0) is 17.8 Å². The van der Waals surface area contributed by atoms with Crippen molar-refractivity contribution in [1.29, 1.82) is 0 Å². The number of rotatable bonds is 8. The zero-order chi connectivity index (χ0) is 19.1. The minimum absolute atomic E-state index is 0.00285. The van der Waals surface area contributed by atoms with E-state index in [0.29, 0.717) is 32.1 Å². The number of nitrogens with one attached hydrogen (secondary N) is 1. The van der Waals surface area contributed by atoms with Gasteiger partial charge >= 0.3 is 0 Å². The average molecular weight is 369 g/mol. The molecule has 6 nitrogen and oxygen atoms in total. The number of fused-ring (bicyclic) bond motifs is 1. The fourth-order valence-corrected chi connectivity index (χ4v) is 3.03. The Balaban J connectivity index is 1.65. The van der Waals surface area contributed by atoms with Crippen LogP contribution in [0.1, 0.15) is 43.5 Å². The molecular weight excluding hydrogens is 342 g/mol. The summed E-state index contributed by atoms with van der Waals surface area (Å²) in [4.78, 5) is 14.3. The number of nitrogens with zero attached hydrogens (tertiary/aromatic N) is 2. The number of carbonyl (C=O) groups excluding carboxylic acids is 1. The summed E-state index contributed by atoms with van der Waals surface area (Å²) in [5.74, 6) is 1.46. The summed E-state index contributed by atoms with van der Waals surface area (Å²) < 4.78 is 11.5. The van der Waals surface area contributed by atoms with Gasteiger partial charge in [0.25, 0.3) is 0 Å². The third-order valence-corrected chi connectivity index (χ3v) is 4.55. The van der Waals surface area contributed by atoms with E-state index in [0.717, 1.165) is 41.8 Å². The number of hydrogen-bond acceptors (Lipinski definition) is 4. The SMILES string of the molecule is CCCCOc1ccc(C=CC(=O)N2CCc3[nH]ncc3C2)cc1OCC. The van der Waals surface area contributed by atoms with Crippen LogP contribution in [0.2, 0.25) is 0 Å². The van der Waals surface area contributed by atoms with Crippen LogP contribution in [0.4, 0.5) is 0 Å². The highest BCUT2D eigenvalue weighted by molar-refractivity contribution is 5.92. The van der Waals surface area contributed by atoms with E-state index < -0.39 is 0 Å².